The number of ether oxygens (including phenoxy) is 2. The van der Waals surface area contributed by atoms with Crippen molar-refractivity contribution in [2.24, 2.45) is 0 Å². The number of hydrogen-bond acceptors (Lipinski definition) is 7. The molecule has 10 heteroatoms. The van der Waals surface area contributed by atoms with Gasteiger partial charge >= 0.3 is 0 Å². The van der Waals surface area contributed by atoms with Gasteiger partial charge < -0.3 is 19.7 Å². The van der Waals surface area contributed by atoms with E-state index < -0.39 is 17.8 Å². The predicted molar refractivity (Wildman–Crippen MR) is 165 cm³/mol. The number of nitrogens with zero attached hydrogens (tertiary/aromatic N) is 4. The molecule has 5 aliphatic heterocycles. The molecule has 0 radical (unpaired) electrons. The van der Waals surface area contributed by atoms with Crippen LogP contribution < -0.4 is 19.7 Å². The molecule has 7 nitrogen and oxygen atoms in total. The average molecular weight is 612 g/mol. The highest BCUT2D eigenvalue weighted by Crippen LogP contribution is 2.46. The number of terminal acetylenes is 1. The zero-order chi connectivity index (χ0) is 30.4. The second-order valence-electron chi connectivity index (χ2n) is 13.2. The molecule has 7 heterocycles. The molecular formula is C35H32F3N5O2. The number of aromatic nitrogens is 2. The van der Waals surface area contributed by atoms with Crippen molar-refractivity contribution in [2.45, 2.75) is 61.9 Å². The zero-order valence-electron chi connectivity index (χ0n) is 24.7. The summed E-state index contributed by atoms with van der Waals surface area (Å²) in [6.45, 7) is 2.64. The summed E-state index contributed by atoms with van der Waals surface area (Å²) in [4.78, 5) is 14.0. The van der Waals surface area contributed by atoms with Crippen LogP contribution in [0.15, 0.2) is 36.4 Å². The van der Waals surface area contributed by atoms with Gasteiger partial charge in [-0.05, 0) is 43.7 Å². The van der Waals surface area contributed by atoms with Crippen molar-refractivity contribution in [3.63, 3.8) is 0 Å². The van der Waals surface area contributed by atoms with Crippen LogP contribution in [0.4, 0.5) is 18.9 Å². The summed E-state index contributed by atoms with van der Waals surface area (Å²) in [6, 6.07) is 10.6. The second kappa shape index (κ2) is 9.96. The number of halogens is 3. The van der Waals surface area contributed by atoms with Crippen LogP contribution in [0.1, 0.15) is 37.7 Å². The van der Waals surface area contributed by atoms with Gasteiger partial charge in [0.1, 0.15) is 36.4 Å². The summed E-state index contributed by atoms with van der Waals surface area (Å²) < 4.78 is 59.2. The first-order valence-corrected chi connectivity index (χ1v) is 15.8. The van der Waals surface area contributed by atoms with Crippen molar-refractivity contribution >= 4 is 27.4 Å². The molecule has 0 saturated carbocycles. The molecule has 4 aromatic rings. The maximum absolute atomic E-state index is 17.0. The van der Waals surface area contributed by atoms with Crippen molar-refractivity contribution in [3.05, 3.63) is 53.6 Å². The molecule has 1 N–H and O–H groups in total. The van der Waals surface area contributed by atoms with E-state index in [0.717, 1.165) is 44.5 Å². The van der Waals surface area contributed by atoms with E-state index in [9.17, 15) is 8.78 Å². The van der Waals surface area contributed by atoms with Crippen LogP contribution in [0.3, 0.4) is 0 Å². The zero-order valence-corrected chi connectivity index (χ0v) is 24.7. The maximum atomic E-state index is 17.0. The molecule has 0 spiro atoms. The van der Waals surface area contributed by atoms with Crippen molar-refractivity contribution in [1.82, 2.24) is 20.2 Å². The minimum atomic E-state index is -0.885. The molecule has 4 saturated heterocycles. The van der Waals surface area contributed by atoms with E-state index in [0.29, 0.717) is 47.3 Å². The number of alkyl halides is 1. The molecule has 0 aliphatic carbocycles. The minimum absolute atomic E-state index is 0.00801. The Morgan fingerprint density at radius 2 is 2.04 bits per heavy atom. The van der Waals surface area contributed by atoms with Gasteiger partial charge in [-0.15, -0.1) is 6.42 Å². The summed E-state index contributed by atoms with van der Waals surface area (Å²) in [7, 11) is 0. The number of anilines is 1. The number of hydrogen-bond donors (Lipinski definition) is 1. The topological polar surface area (TPSA) is 62.8 Å². The summed E-state index contributed by atoms with van der Waals surface area (Å²) in [6.07, 6.45) is 9.22. The molecule has 230 valence electrons. The molecule has 0 amide bonds. The molecular weight excluding hydrogens is 579 g/mol. The van der Waals surface area contributed by atoms with Crippen LogP contribution in [0.25, 0.3) is 32.9 Å². The van der Waals surface area contributed by atoms with Crippen LogP contribution >= 0.6 is 0 Å². The number of pyridine rings is 2. The Balaban J connectivity index is 1.24. The molecule has 2 aromatic carbocycles. The molecule has 5 aliphatic rings. The maximum Gasteiger partial charge on any atom is 0.225 e. The van der Waals surface area contributed by atoms with E-state index >= 15 is 4.39 Å². The predicted octanol–water partition coefficient (Wildman–Crippen LogP) is 5.37. The van der Waals surface area contributed by atoms with E-state index in [1.807, 2.05) is 12.1 Å². The van der Waals surface area contributed by atoms with Crippen LogP contribution in [0.2, 0.25) is 0 Å². The van der Waals surface area contributed by atoms with Crippen molar-refractivity contribution < 1.29 is 22.6 Å². The molecule has 45 heavy (non-hydrogen) atoms. The molecule has 2 aromatic heterocycles. The molecule has 5 atom stereocenters. The Morgan fingerprint density at radius 1 is 1.13 bits per heavy atom. The summed E-state index contributed by atoms with van der Waals surface area (Å²) in [5.41, 5.74) is 0.849. The lowest BCUT2D eigenvalue weighted by molar-refractivity contribution is 0.111. The fraction of sp³-hybridized carbons (Fsp3) is 0.429. The number of piperazine rings is 1. The SMILES string of the molecule is C#Cc1c(F)ccc2cccc(-c3nc4c5c(cc(OC[C@@]67CCCN6C[C@H](F)C7)nc5c3F)N3CC5CCC(N5)C3CO4)c12. The van der Waals surface area contributed by atoms with Gasteiger partial charge in [-0.25, -0.2) is 23.1 Å². The van der Waals surface area contributed by atoms with Crippen LogP contribution in [0, 0.1) is 24.0 Å². The Kier molecular flexibility index (Phi) is 6.04. The minimum Gasteiger partial charge on any atom is -0.476 e. The number of nitrogens with one attached hydrogen (secondary N) is 1. The Labute approximate surface area is 258 Å². The van der Waals surface area contributed by atoms with Gasteiger partial charge in [0.05, 0.1) is 28.2 Å². The van der Waals surface area contributed by atoms with Crippen LogP contribution in [-0.2, 0) is 0 Å². The van der Waals surface area contributed by atoms with Gasteiger partial charge in [0, 0.05) is 48.6 Å². The van der Waals surface area contributed by atoms with Crippen molar-refractivity contribution in [2.75, 3.05) is 37.7 Å². The van der Waals surface area contributed by atoms with E-state index in [1.54, 1.807) is 18.2 Å². The third-order valence-electron chi connectivity index (χ3n) is 10.7. The smallest absolute Gasteiger partial charge is 0.225 e. The fourth-order valence-electron chi connectivity index (χ4n) is 8.66. The first kappa shape index (κ1) is 27.3. The van der Waals surface area contributed by atoms with Crippen molar-refractivity contribution in [3.8, 4) is 35.4 Å². The third kappa shape index (κ3) is 4.06. The first-order chi connectivity index (χ1) is 21.9. The molecule has 4 fully saturated rings. The molecule has 9 rings (SSSR count). The lowest BCUT2D eigenvalue weighted by Crippen LogP contribution is -2.59. The van der Waals surface area contributed by atoms with Gasteiger partial charge in [-0.2, -0.15) is 0 Å². The number of fused-ring (bicyclic) bond motifs is 7. The normalized spacial score (nSPS) is 28.5. The Morgan fingerprint density at radius 3 is 2.93 bits per heavy atom. The highest BCUT2D eigenvalue weighted by molar-refractivity contribution is 6.04. The highest BCUT2D eigenvalue weighted by Gasteiger charge is 2.49. The molecule has 3 unspecified atom stereocenters. The number of rotatable bonds is 4. The van der Waals surface area contributed by atoms with Crippen LogP contribution in [-0.4, -0.2) is 77.6 Å². The number of benzene rings is 2. The lowest BCUT2D eigenvalue weighted by Gasteiger charge is -2.41. The first-order valence-electron chi connectivity index (χ1n) is 15.8. The lowest BCUT2D eigenvalue weighted by atomic mass is 9.95. The quantitative estimate of drug-likeness (QED) is 0.312. The van der Waals surface area contributed by atoms with Crippen LogP contribution in [0.5, 0.6) is 11.8 Å². The van der Waals surface area contributed by atoms with E-state index in [2.05, 4.69) is 21.0 Å². The van der Waals surface area contributed by atoms with Gasteiger partial charge in [0.25, 0.3) is 0 Å². The highest BCUT2D eigenvalue weighted by atomic mass is 19.1. The second-order valence-corrected chi connectivity index (χ2v) is 13.2. The molecule has 2 bridgehead atoms. The average Bonchev–Trinajstić information content (AvgIpc) is 3.68. The summed E-state index contributed by atoms with van der Waals surface area (Å²) in [5, 5.41) is 5.27. The van der Waals surface area contributed by atoms with E-state index in [4.69, 9.17) is 25.9 Å². The largest absolute Gasteiger partial charge is 0.476 e. The van der Waals surface area contributed by atoms with Gasteiger partial charge in [0.15, 0.2) is 5.82 Å². The van der Waals surface area contributed by atoms with E-state index in [1.165, 1.54) is 6.07 Å². The van der Waals surface area contributed by atoms with Gasteiger partial charge in [0.2, 0.25) is 11.8 Å². The Hall–Kier alpha value is -4.07. The van der Waals surface area contributed by atoms with Gasteiger partial charge in [-0.3, -0.25) is 4.90 Å². The summed E-state index contributed by atoms with van der Waals surface area (Å²) >= 11 is 0. The standard InChI is InChI=1S/C35H32F3N5O2/c1-2-22-24(37)9-7-19-5-3-6-23(29(19)22)32-31(38)33-30-26(43-16-21-8-10-25(39-21)27(43)17-44-34(30)41-32)13-28(40-33)45-18-35-11-4-12-42(35)15-20(36)14-35/h1,3,5-7,9,13,20-21,25,27,39H,4,8,10-12,14-18H2/t20-,21?,25?,27?,35+/m1/s1. The Bertz CT molecular complexity index is 1930. The van der Waals surface area contributed by atoms with Gasteiger partial charge in [-0.1, -0.05) is 30.2 Å². The summed E-state index contributed by atoms with van der Waals surface area (Å²) in [5.74, 6) is 1.78. The fourth-order valence-corrected chi connectivity index (χ4v) is 8.66. The van der Waals surface area contributed by atoms with Crippen molar-refractivity contribution in [1.29, 1.82) is 0 Å². The third-order valence-corrected chi connectivity index (χ3v) is 10.7. The van der Waals surface area contributed by atoms with E-state index in [-0.39, 0.29) is 52.8 Å². The monoisotopic (exact) mass is 611 g/mol.